The molecule has 0 radical (unpaired) electrons. The van der Waals surface area contributed by atoms with Crippen LogP contribution in [0.3, 0.4) is 0 Å². The van der Waals surface area contributed by atoms with Gasteiger partial charge in [-0.15, -0.1) is 0 Å². The lowest BCUT2D eigenvalue weighted by atomic mass is 10.2. The molecule has 0 fully saturated rings. The molecule has 0 aromatic heterocycles. The smallest absolute Gasteiger partial charge is 0.388 e. The van der Waals surface area contributed by atoms with Gasteiger partial charge in [0.1, 0.15) is 5.82 Å². The molecule has 9 heteroatoms. The molecule has 1 N–H and O–H groups in total. The van der Waals surface area contributed by atoms with Crippen molar-refractivity contribution in [2.45, 2.75) is 9.70 Å². The molecule has 3 rings (SSSR count). The SMILES string of the molecule is O=C(N[C@@]1(C(Cl)(Cl)Cl)Oc2ccc(Cl)cc2O1)c1ccccc1F. The summed E-state index contributed by atoms with van der Waals surface area (Å²) in [7, 11) is 0. The number of ether oxygens (including phenoxy) is 2. The van der Waals surface area contributed by atoms with Crippen LogP contribution in [0, 0.1) is 5.82 Å². The first kappa shape index (κ1) is 17.4. The van der Waals surface area contributed by atoms with Crippen LogP contribution in [0.15, 0.2) is 42.5 Å². The summed E-state index contributed by atoms with van der Waals surface area (Å²) < 4.78 is 22.6. The van der Waals surface area contributed by atoms with Gasteiger partial charge in [0.25, 0.3) is 9.70 Å². The van der Waals surface area contributed by atoms with Crippen molar-refractivity contribution in [2.75, 3.05) is 0 Å². The second kappa shape index (κ2) is 6.15. The van der Waals surface area contributed by atoms with E-state index in [1.807, 2.05) is 0 Å². The molecule has 0 unspecified atom stereocenters. The lowest BCUT2D eigenvalue weighted by Crippen LogP contribution is -2.63. The van der Waals surface area contributed by atoms with Crippen LogP contribution in [0.4, 0.5) is 4.39 Å². The van der Waals surface area contributed by atoms with E-state index in [1.54, 1.807) is 0 Å². The first-order chi connectivity index (χ1) is 11.2. The number of nitrogens with one attached hydrogen (secondary N) is 1. The van der Waals surface area contributed by atoms with Crippen molar-refractivity contribution >= 4 is 52.3 Å². The Kier molecular flexibility index (Phi) is 4.47. The van der Waals surface area contributed by atoms with E-state index in [4.69, 9.17) is 55.9 Å². The minimum atomic E-state index is -2.22. The fourth-order valence-corrected chi connectivity index (χ4v) is 2.61. The van der Waals surface area contributed by atoms with Crippen LogP contribution in [0.1, 0.15) is 10.4 Å². The second-order valence-corrected chi connectivity index (χ2v) is 7.56. The number of alkyl halides is 3. The molecule has 2 aromatic carbocycles. The fraction of sp³-hybridized carbons (Fsp3) is 0.133. The Bertz CT molecular complexity index is 812. The van der Waals surface area contributed by atoms with Crippen LogP contribution in [0.5, 0.6) is 11.5 Å². The zero-order chi connectivity index (χ0) is 17.5. The molecule has 0 saturated carbocycles. The molecule has 1 aliphatic heterocycles. The molecule has 2 aromatic rings. The highest BCUT2D eigenvalue weighted by molar-refractivity contribution is 6.68. The molecule has 0 saturated heterocycles. The maximum Gasteiger partial charge on any atom is 0.388 e. The minimum Gasteiger partial charge on any atom is -0.428 e. The number of benzene rings is 2. The predicted molar refractivity (Wildman–Crippen MR) is 89.6 cm³/mol. The average Bonchev–Trinajstić information content (AvgIpc) is 2.85. The molecule has 0 spiro atoms. The van der Waals surface area contributed by atoms with Crippen LogP contribution in [0.25, 0.3) is 0 Å². The van der Waals surface area contributed by atoms with Gasteiger partial charge in [-0.25, -0.2) is 4.39 Å². The summed E-state index contributed by atoms with van der Waals surface area (Å²) >= 11 is 23.7. The third kappa shape index (κ3) is 3.09. The summed E-state index contributed by atoms with van der Waals surface area (Å²) in [6.07, 6.45) is 0. The first-order valence-corrected chi connectivity index (χ1v) is 8.04. The zero-order valence-electron chi connectivity index (χ0n) is 11.7. The van der Waals surface area contributed by atoms with Crippen LogP contribution < -0.4 is 14.8 Å². The van der Waals surface area contributed by atoms with Gasteiger partial charge >= 0.3 is 5.91 Å². The van der Waals surface area contributed by atoms with Crippen molar-refractivity contribution in [2.24, 2.45) is 0 Å². The van der Waals surface area contributed by atoms with Crippen molar-refractivity contribution in [3.8, 4) is 11.5 Å². The maximum atomic E-state index is 13.8. The number of rotatable bonds is 2. The van der Waals surface area contributed by atoms with Crippen LogP contribution in [-0.2, 0) is 0 Å². The molecule has 1 amide bonds. The van der Waals surface area contributed by atoms with Crippen LogP contribution >= 0.6 is 46.4 Å². The van der Waals surface area contributed by atoms with Gasteiger partial charge in [-0.1, -0.05) is 58.5 Å². The number of amides is 1. The summed E-state index contributed by atoms with van der Waals surface area (Å²) in [4.78, 5) is 12.4. The van der Waals surface area contributed by atoms with Gasteiger partial charge in [0.15, 0.2) is 11.5 Å². The van der Waals surface area contributed by atoms with Crippen molar-refractivity contribution in [1.29, 1.82) is 0 Å². The van der Waals surface area contributed by atoms with Crippen molar-refractivity contribution in [3.63, 3.8) is 0 Å². The Morgan fingerprint density at radius 3 is 2.42 bits per heavy atom. The third-order valence-corrected chi connectivity index (χ3v) is 4.16. The summed E-state index contributed by atoms with van der Waals surface area (Å²) in [6.45, 7) is 0. The molecule has 4 nitrogen and oxygen atoms in total. The summed E-state index contributed by atoms with van der Waals surface area (Å²) in [6, 6.07) is 9.80. The number of fused-ring (bicyclic) bond motifs is 1. The lowest BCUT2D eigenvalue weighted by Gasteiger charge is -2.33. The number of halogens is 5. The second-order valence-electron chi connectivity index (χ2n) is 4.84. The molecular weight excluding hydrogens is 403 g/mol. The van der Waals surface area contributed by atoms with Gasteiger partial charge < -0.3 is 9.47 Å². The van der Waals surface area contributed by atoms with Crippen molar-refractivity contribution in [1.82, 2.24) is 5.32 Å². The van der Waals surface area contributed by atoms with E-state index in [2.05, 4.69) is 5.32 Å². The molecule has 1 aliphatic rings. The van der Waals surface area contributed by atoms with E-state index in [0.29, 0.717) is 5.02 Å². The molecule has 0 bridgehead atoms. The van der Waals surface area contributed by atoms with Gasteiger partial charge in [-0.3, -0.25) is 10.1 Å². The average molecular weight is 411 g/mol. The van der Waals surface area contributed by atoms with Crippen molar-refractivity contribution < 1.29 is 18.7 Å². The Morgan fingerprint density at radius 2 is 1.75 bits per heavy atom. The van der Waals surface area contributed by atoms with E-state index in [9.17, 15) is 9.18 Å². The van der Waals surface area contributed by atoms with E-state index < -0.39 is 21.4 Å². The van der Waals surface area contributed by atoms with Crippen molar-refractivity contribution in [3.05, 3.63) is 58.9 Å². The topological polar surface area (TPSA) is 47.6 Å². The largest absolute Gasteiger partial charge is 0.428 e. The highest BCUT2D eigenvalue weighted by Crippen LogP contribution is 2.49. The molecule has 1 heterocycles. The number of carbonyl (C=O) groups excluding carboxylic acids is 1. The Balaban J connectivity index is 1.95. The number of carbonyl (C=O) groups is 1. The van der Waals surface area contributed by atoms with E-state index in [-0.39, 0.29) is 17.1 Å². The van der Waals surface area contributed by atoms with Gasteiger partial charge in [-0.05, 0) is 24.3 Å². The summed E-state index contributed by atoms with van der Waals surface area (Å²) in [5, 5.41) is 2.65. The Labute approximate surface area is 156 Å². The summed E-state index contributed by atoms with van der Waals surface area (Å²) in [5.74, 6) is -3.42. The normalized spacial score (nSPS) is 19.2. The first-order valence-electron chi connectivity index (χ1n) is 6.53. The zero-order valence-corrected chi connectivity index (χ0v) is 14.7. The van der Waals surface area contributed by atoms with Gasteiger partial charge in [-0.2, -0.15) is 0 Å². The Hall–Kier alpha value is -1.40. The lowest BCUT2D eigenvalue weighted by molar-refractivity contribution is -0.0953. The quantitative estimate of drug-likeness (QED) is 0.729. The highest BCUT2D eigenvalue weighted by atomic mass is 35.6. The fourth-order valence-electron chi connectivity index (χ4n) is 2.08. The predicted octanol–water partition coefficient (Wildman–Crippen LogP) is 4.70. The molecule has 126 valence electrons. The van der Waals surface area contributed by atoms with Crippen LogP contribution in [0.2, 0.25) is 5.02 Å². The minimum absolute atomic E-state index is 0.169. The highest BCUT2D eigenvalue weighted by Gasteiger charge is 2.59. The molecule has 0 aliphatic carbocycles. The molecular formula is C15H8Cl4FNO3. The maximum absolute atomic E-state index is 13.8. The standard InChI is InChI=1S/C15H8Cl4FNO3/c16-8-5-6-11-12(7-8)24-15(23-11,14(17,18)19)21-13(22)9-3-1-2-4-10(9)20/h1-7H,(H,21,22)/t15-/m0/s1. The van der Waals surface area contributed by atoms with E-state index in [1.165, 1.54) is 36.4 Å². The molecule has 1 atom stereocenters. The Morgan fingerprint density at radius 1 is 1.08 bits per heavy atom. The summed E-state index contributed by atoms with van der Waals surface area (Å²) in [5.41, 5.74) is -0.257. The monoisotopic (exact) mass is 409 g/mol. The number of hydrogen-bond donors (Lipinski definition) is 1. The van der Waals surface area contributed by atoms with E-state index in [0.717, 1.165) is 6.07 Å². The number of hydrogen-bond acceptors (Lipinski definition) is 3. The third-order valence-electron chi connectivity index (χ3n) is 3.18. The van der Waals surface area contributed by atoms with Gasteiger partial charge in [0.2, 0.25) is 0 Å². The van der Waals surface area contributed by atoms with Crippen LogP contribution in [-0.4, -0.2) is 15.6 Å². The van der Waals surface area contributed by atoms with Gasteiger partial charge in [0, 0.05) is 11.1 Å². The molecule has 24 heavy (non-hydrogen) atoms. The van der Waals surface area contributed by atoms with E-state index >= 15 is 0 Å². The van der Waals surface area contributed by atoms with Gasteiger partial charge in [0.05, 0.1) is 5.56 Å².